The van der Waals surface area contributed by atoms with Crippen LogP contribution in [-0.2, 0) is 10.9 Å². The van der Waals surface area contributed by atoms with Crippen molar-refractivity contribution in [1.82, 2.24) is 5.32 Å². The third-order valence-electron chi connectivity index (χ3n) is 2.80. The molecule has 1 rings (SSSR count). The van der Waals surface area contributed by atoms with Gasteiger partial charge in [-0.05, 0) is 51.1 Å². The molecule has 1 aromatic carbocycles. The topological polar surface area (TPSA) is 30.5 Å². The lowest BCUT2D eigenvalue weighted by molar-refractivity contribution is -0.137. The van der Waals surface area contributed by atoms with Gasteiger partial charge in [0.15, 0.2) is 0 Å². The van der Waals surface area contributed by atoms with Crippen LogP contribution in [0.15, 0.2) is 24.3 Å². The lowest BCUT2D eigenvalue weighted by Gasteiger charge is -2.16. The number of hydrogen-bond donors (Lipinski definition) is 1. The molecule has 0 bridgehead atoms. The molecule has 1 unspecified atom stereocenters. The van der Waals surface area contributed by atoms with Gasteiger partial charge in [-0.3, -0.25) is 0 Å². The second-order valence-corrected chi connectivity index (χ2v) is 4.71. The van der Waals surface area contributed by atoms with Crippen LogP contribution in [-0.4, -0.2) is 32.4 Å². The molecule has 0 aliphatic heterocycles. The fourth-order valence-corrected chi connectivity index (χ4v) is 1.75. The van der Waals surface area contributed by atoms with Gasteiger partial charge in [0.1, 0.15) is 11.9 Å². The predicted molar refractivity (Wildman–Crippen MR) is 75.5 cm³/mol. The highest BCUT2D eigenvalue weighted by Gasteiger charge is 2.30. The van der Waals surface area contributed by atoms with Crippen LogP contribution in [0.3, 0.4) is 0 Å². The Morgan fingerprint density at radius 1 is 1.19 bits per heavy atom. The molecular formula is C15H22F3NO2. The lowest BCUT2D eigenvalue weighted by atomic mass is 10.2. The second-order valence-electron chi connectivity index (χ2n) is 4.71. The monoisotopic (exact) mass is 305 g/mol. The van der Waals surface area contributed by atoms with Crippen molar-refractivity contribution < 1.29 is 22.6 Å². The van der Waals surface area contributed by atoms with Crippen molar-refractivity contribution in [1.29, 1.82) is 0 Å². The summed E-state index contributed by atoms with van der Waals surface area (Å²) in [7, 11) is 0. The van der Waals surface area contributed by atoms with E-state index in [2.05, 4.69) is 5.32 Å². The van der Waals surface area contributed by atoms with E-state index < -0.39 is 11.7 Å². The van der Waals surface area contributed by atoms with Crippen molar-refractivity contribution in [3.63, 3.8) is 0 Å². The van der Waals surface area contributed by atoms with Crippen LogP contribution in [0, 0.1) is 0 Å². The average Bonchev–Trinajstić information content (AvgIpc) is 2.42. The number of hydrogen-bond acceptors (Lipinski definition) is 3. The van der Waals surface area contributed by atoms with Gasteiger partial charge >= 0.3 is 6.18 Å². The van der Waals surface area contributed by atoms with Crippen LogP contribution in [0.4, 0.5) is 13.2 Å². The number of benzene rings is 1. The molecule has 0 amide bonds. The SMILES string of the molecule is CCOCCCNCC(C)Oc1ccc(C(F)(F)F)cc1. The Balaban J connectivity index is 2.26. The normalized spacial score (nSPS) is 13.2. The van der Waals surface area contributed by atoms with Crippen molar-refractivity contribution >= 4 is 0 Å². The van der Waals surface area contributed by atoms with Crippen LogP contribution in [0.2, 0.25) is 0 Å². The highest BCUT2D eigenvalue weighted by atomic mass is 19.4. The first-order chi connectivity index (χ1) is 9.93. The van der Waals surface area contributed by atoms with Crippen LogP contribution >= 0.6 is 0 Å². The molecule has 6 heteroatoms. The molecule has 0 aromatic heterocycles. The van der Waals surface area contributed by atoms with Crippen LogP contribution in [0.25, 0.3) is 0 Å². The third-order valence-corrected chi connectivity index (χ3v) is 2.80. The quantitative estimate of drug-likeness (QED) is 0.708. The van der Waals surface area contributed by atoms with Gasteiger partial charge in [-0.15, -0.1) is 0 Å². The number of rotatable bonds is 9. The predicted octanol–water partition coefficient (Wildman–Crippen LogP) is 3.49. The van der Waals surface area contributed by atoms with Crippen molar-refractivity contribution in [2.45, 2.75) is 32.5 Å². The van der Waals surface area contributed by atoms with E-state index >= 15 is 0 Å². The Kier molecular flexibility index (Phi) is 7.53. The number of alkyl halides is 3. The Morgan fingerprint density at radius 3 is 2.43 bits per heavy atom. The summed E-state index contributed by atoms with van der Waals surface area (Å²) in [5.41, 5.74) is -0.670. The van der Waals surface area contributed by atoms with Gasteiger partial charge in [0, 0.05) is 19.8 Å². The van der Waals surface area contributed by atoms with Crippen molar-refractivity contribution in [2.24, 2.45) is 0 Å². The molecule has 0 radical (unpaired) electrons. The lowest BCUT2D eigenvalue weighted by Crippen LogP contribution is -2.30. The molecule has 0 fully saturated rings. The van der Waals surface area contributed by atoms with Gasteiger partial charge < -0.3 is 14.8 Å². The third kappa shape index (κ3) is 7.34. The number of nitrogens with one attached hydrogen (secondary N) is 1. The zero-order valence-corrected chi connectivity index (χ0v) is 12.4. The fraction of sp³-hybridized carbons (Fsp3) is 0.600. The van der Waals surface area contributed by atoms with E-state index in [4.69, 9.17) is 9.47 Å². The minimum Gasteiger partial charge on any atom is -0.489 e. The van der Waals surface area contributed by atoms with Crippen molar-refractivity contribution in [3.05, 3.63) is 29.8 Å². The summed E-state index contributed by atoms with van der Waals surface area (Å²) < 4.78 is 48.0. The summed E-state index contributed by atoms with van der Waals surface area (Å²) in [6.07, 6.45) is -3.51. The maximum absolute atomic E-state index is 12.4. The molecule has 1 atom stereocenters. The number of ether oxygens (including phenoxy) is 2. The molecule has 0 heterocycles. The highest BCUT2D eigenvalue weighted by molar-refractivity contribution is 5.28. The van der Waals surface area contributed by atoms with E-state index in [0.29, 0.717) is 18.9 Å². The zero-order chi connectivity index (χ0) is 15.7. The summed E-state index contributed by atoms with van der Waals surface area (Å²) in [6, 6.07) is 4.73. The summed E-state index contributed by atoms with van der Waals surface area (Å²) in [6.45, 7) is 6.71. The molecule has 1 N–H and O–H groups in total. The Hall–Kier alpha value is -1.27. The second kappa shape index (κ2) is 8.89. The Bertz CT molecular complexity index is 393. The van der Waals surface area contributed by atoms with Gasteiger partial charge in [-0.1, -0.05) is 0 Å². The van der Waals surface area contributed by atoms with Gasteiger partial charge in [0.2, 0.25) is 0 Å². The molecule has 0 saturated heterocycles. The molecule has 0 saturated carbocycles. The molecular weight excluding hydrogens is 283 g/mol. The maximum atomic E-state index is 12.4. The minimum absolute atomic E-state index is 0.117. The van der Waals surface area contributed by atoms with E-state index in [1.54, 1.807) is 0 Å². The summed E-state index contributed by atoms with van der Waals surface area (Å²) in [5.74, 6) is 0.437. The first-order valence-corrected chi connectivity index (χ1v) is 7.06. The molecule has 0 aliphatic carbocycles. The number of halogens is 3. The van der Waals surface area contributed by atoms with Crippen LogP contribution in [0.5, 0.6) is 5.75 Å². The largest absolute Gasteiger partial charge is 0.489 e. The van der Waals surface area contributed by atoms with Crippen LogP contribution < -0.4 is 10.1 Å². The summed E-state index contributed by atoms with van der Waals surface area (Å²) in [5, 5.41) is 3.21. The smallest absolute Gasteiger partial charge is 0.416 e. The van der Waals surface area contributed by atoms with Gasteiger partial charge in [0.25, 0.3) is 0 Å². The zero-order valence-electron chi connectivity index (χ0n) is 12.4. The van der Waals surface area contributed by atoms with E-state index in [1.165, 1.54) is 12.1 Å². The maximum Gasteiger partial charge on any atom is 0.416 e. The summed E-state index contributed by atoms with van der Waals surface area (Å²) in [4.78, 5) is 0. The summed E-state index contributed by atoms with van der Waals surface area (Å²) >= 11 is 0. The van der Waals surface area contributed by atoms with E-state index in [9.17, 15) is 13.2 Å². The van der Waals surface area contributed by atoms with E-state index in [1.807, 2.05) is 13.8 Å². The van der Waals surface area contributed by atoms with E-state index in [0.717, 1.165) is 31.7 Å². The van der Waals surface area contributed by atoms with Gasteiger partial charge in [-0.25, -0.2) is 0 Å². The molecule has 21 heavy (non-hydrogen) atoms. The highest BCUT2D eigenvalue weighted by Crippen LogP contribution is 2.30. The van der Waals surface area contributed by atoms with E-state index in [-0.39, 0.29) is 6.10 Å². The minimum atomic E-state index is -4.31. The van der Waals surface area contributed by atoms with Crippen LogP contribution in [0.1, 0.15) is 25.8 Å². The standard InChI is InChI=1S/C15H22F3NO2/c1-3-20-10-4-9-19-11-12(2)21-14-7-5-13(6-8-14)15(16,17)18/h5-8,12,19H,3-4,9-11H2,1-2H3. The van der Waals surface area contributed by atoms with Gasteiger partial charge in [-0.2, -0.15) is 13.2 Å². The first kappa shape index (κ1) is 17.8. The first-order valence-electron chi connectivity index (χ1n) is 7.06. The molecule has 120 valence electrons. The fourth-order valence-electron chi connectivity index (χ4n) is 1.75. The molecule has 1 aromatic rings. The molecule has 3 nitrogen and oxygen atoms in total. The Labute approximate surface area is 123 Å². The molecule has 0 spiro atoms. The van der Waals surface area contributed by atoms with Gasteiger partial charge in [0.05, 0.1) is 5.56 Å². The molecule has 0 aliphatic rings. The van der Waals surface area contributed by atoms with Crippen molar-refractivity contribution in [3.8, 4) is 5.75 Å². The Morgan fingerprint density at radius 2 is 1.86 bits per heavy atom. The average molecular weight is 305 g/mol. The van der Waals surface area contributed by atoms with Crippen molar-refractivity contribution in [2.75, 3.05) is 26.3 Å².